The second-order valence-electron chi connectivity index (χ2n) is 5.72. The van der Waals surface area contributed by atoms with E-state index in [9.17, 15) is 4.79 Å². The Labute approximate surface area is 132 Å². The summed E-state index contributed by atoms with van der Waals surface area (Å²) in [6, 6.07) is 6.35. The molecule has 1 aromatic heterocycles. The van der Waals surface area contributed by atoms with Gasteiger partial charge >= 0.3 is 5.97 Å². The number of rotatable bonds is 6. The fraction of sp³-hybridized carbons (Fsp3) is 0.444. The van der Waals surface area contributed by atoms with E-state index in [0.29, 0.717) is 6.42 Å². The molecule has 1 heterocycles. The van der Waals surface area contributed by atoms with Crippen LogP contribution in [-0.4, -0.2) is 15.5 Å². The van der Waals surface area contributed by atoms with E-state index < -0.39 is 0 Å². The molecule has 0 aliphatic heterocycles. The van der Waals surface area contributed by atoms with E-state index in [0.717, 1.165) is 12.1 Å². The molecule has 0 N–H and O–H groups in total. The normalized spacial score (nSPS) is 12.2. The standard InChI is InChI=1S/C18H24N2O2/c1-5-7-18(21)22-12-20-10-17(19-11-20)15(4)16-9-6-8-13(2)14(16)3/h6,8-11,15H,5,7,12H2,1-4H3/t15-/m0/s1. The van der Waals surface area contributed by atoms with E-state index in [1.54, 1.807) is 6.33 Å². The Morgan fingerprint density at radius 1 is 1.36 bits per heavy atom. The Kier molecular flexibility index (Phi) is 5.36. The van der Waals surface area contributed by atoms with Gasteiger partial charge in [-0.25, -0.2) is 4.98 Å². The van der Waals surface area contributed by atoms with Gasteiger partial charge in [-0.15, -0.1) is 0 Å². The van der Waals surface area contributed by atoms with Crippen LogP contribution in [0.4, 0.5) is 0 Å². The molecule has 0 unspecified atom stereocenters. The Balaban J connectivity index is 2.07. The molecule has 0 amide bonds. The van der Waals surface area contributed by atoms with Crippen molar-refractivity contribution in [3.63, 3.8) is 0 Å². The predicted octanol–water partition coefficient (Wildman–Crippen LogP) is 3.95. The van der Waals surface area contributed by atoms with Gasteiger partial charge in [0.1, 0.15) is 0 Å². The van der Waals surface area contributed by atoms with Gasteiger partial charge in [0.2, 0.25) is 0 Å². The van der Waals surface area contributed by atoms with Crippen molar-refractivity contribution in [1.82, 2.24) is 9.55 Å². The first-order chi connectivity index (χ1) is 10.5. The summed E-state index contributed by atoms with van der Waals surface area (Å²) in [7, 11) is 0. The Morgan fingerprint density at radius 3 is 2.86 bits per heavy atom. The van der Waals surface area contributed by atoms with Crippen molar-refractivity contribution >= 4 is 5.97 Å². The molecule has 0 aliphatic rings. The molecule has 4 heteroatoms. The second kappa shape index (κ2) is 7.25. The minimum absolute atomic E-state index is 0.166. The van der Waals surface area contributed by atoms with Crippen LogP contribution >= 0.6 is 0 Å². The maximum atomic E-state index is 11.4. The van der Waals surface area contributed by atoms with Crippen LogP contribution in [0.1, 0.15) is 55.0 Å². The summed E-state index contributed by atoms with van der Waals surface area (Å²) in [6.45, 7) is 8.60. The summed E-state index contributed by atoms with van der Waals surface area (Å²) in [5, 5.41) is 0. The van der Waals surface area contributed by atoms with Crippen LogP contribution in [-0.2, 0) is 16.3 Å². The van der Waals surface area contributed by atoms with E-state index in [1.165, 1.54) is 16.7 Å². The molecule has 2 rings (SSSR count). The summed E-state index contributed by atoms with van der Waals surface area (Å²) < 4.78 is 7.00. The maximum absolute atomic E-state index is 11.4. The Hall–Kier alpha value is -2.10. The van der Waals surface area contributed by atoms with E-state index in [1.807, 2.05) is 17.7 Å². The Bertz CT molecular complexity index is 646. The smallest absolute Gasteiger partial charge is 0.307 e. The molecule has 0 radical (unpaired) electrons. The van der Waals surface area contributed by atoms with E-state index in [2.05, 4.69) is 44.0 Å². The lowest BCUT2D eigenvalue weighted by molar-refractivity contribution is -0.147. The van der Waals surface area contributed by atoms with Gasteiger partial charge in [-0.1, -0.05) is 32.0 Å². The zero-order valence-electron chi connectivity index (χ0n) is 13.8. The number of carbonyl (C=O) groups excluding carboxylic acids is 1. The number of hydrogen-bond acceptors (Lipinski definition) is 3. The third kappa shape index (κ3) is 3.75. The first kappa shape index (κ1) is 16.3. The van der Waals surface area contributed by atoms with Crippen molar-refractivity contribution in [2.24, 2.45) is 0 Å². The molecule has 0 fully saturated rings. The number of aromatic nitrogens is 2. The van der Waals surface area contributed by atoms with Crippen molar-refractivity contribution in [1.29, 1.82) is 0 Å². The molecule has 0 saturated heterocycles. The van der Waals surface area contributed by atoms with Crippen molar-refractivity contribution in [2.45, 2.75) is 53.2 Å². The van der Waals surface area contributed by atoms with Crippen molar-refractivity contribution in [3.8, 4) is 0 Å². The lowest BCUT2D eigenvalue weighted by Gasteiger charge is -2.14. The maximum Gasteiger partial charge on any atom is 0.307 e. The predicted molar refractivity (Wildman–Crippen MR) is 86.7 cm³/mol. The molecule has 2 aromatic rings. The van der Waals surface area contributed by atoms with Gasteiger partial charge in [-0.2, -0.15) is 0 Å². The second-order valence-corrected chi connectivity index (χ2v) is 5.72. The van der Waals surface area contributed by atoms with Gasteiger partial charge in [-0.3, -0.25) is 4.79 Å². The topological polar surface area (TPSA) is 44.1 Å². The van der Waals surface area contributed by atoms with Crippen LogP contribution in [0.15, 0.2) is 30.7 Å². The molecular formula is C18H24N2O2. The number of hydrogen-bond donors (Lipinski definition) is 0. The molecule has 0 spiro atoms. The van der Waals surface area contributed by atoms with Crippen LogP contribution in [0.25, 0.3) is 0 Å². The monoisotopic (exact) mass is 300 g/mol. The highest BCUT2D eigenvalue weighted by Gasteiger charge is 2.14. The van der Waals surface area contributed by atoms with E-state index in [4.69, 9.17) is 4.74 Å². The van der Waals surface area contributed by atoms with E-state index >= 15 is 0 Å². The molecular weight excluding hydrogens is 276 g/mol. The number of nitrogens with zero attached hydrogens (tertiary/aromatic N) is 2. The number of carbonyl (C=O) groups is 1. The highest BCUT2D eigenvalue weighted by Crippen LogP contribution is 2.27. The molecule has 0 saturated carbocycles. The summed E-state index contributed by atoms with van der Waals surface area (Å²) in [5.41, 5.74) is 4.87. The number of ether oxygens (including phenoxy) is 1. The van der Waals surface area contributed by atoms with Crippen LogP contribution < -0.4 is 0 Å². The molecule has 1 aromatic carbocycles. The van der Waals surface area contributed by atoms with Crippen molar-refractivity contribution < 1.29 is 9.53 Å². The first-order valence-electron chi connectivity index (χ1n) is 7.76. The quantitative estimate of drug-likeness (QED) is 0.759. The molecule has 118 valence electrons. The minimum Gasteiger partial charge on any atom is -0.444 e. The van der Waals surface area contributed by atoms with Crippen molar-refractivity contribution in [3.05, 3.63) is 53.1 Å². The third-order valence-corrected chi connectivity index (χ3v) is 4.04. The van der Waals surface area contributed by atoms with E-state index in [-0.39, 0.29) is 18.6 Å². The lowest BCUT2D eigenvalue weighted by Crippen LogP contribution is -2.07. The average molecular weight is 300 g/mol. The van der Waals surface area contributed by atoms with Crippen LogP contribution in [0.5, 0.6) is 0 Å². The largest absolute Gasteiger partial charge is 0.444 e. The summed E-state index contributed by atoms with van der Waals surface area (Å²) >= 11 is 0. The number of aryl methyl sites for hydroxylation is 1. The van der Waals surface area contributed by atoms with Crippen LogP contribution in [0.2, 0.25) is 0 Å². The molecule has 0 aliphatic carbocycles. The number of benzene rings is 1. The number of esters is 1. The van der Waals surface area contributed by atoms with Gasteiger partial charge in [0.25, 0.3) is 0 Å². The zero-order valence-corrected chi connectivity index (χ0v) is 13.8. The molecule has 0 bridgehead atoms. The van der Waals surface area contributed by atoms with Gasteiger partial charge < -0.3 is 9.30 Å². The molecule has 4 nitrogen and oxygen atoms in total. The van der Waals surface area contributed by atoms with Gasteiger partial charge in [0.05, 0.1) is 12.0 Å². The Morgan fingerprint density at radius 2 is 2.14 bits per heavy atom. The van der Waals surface area contributed by atoms with Crippen molar-refractivity contribution in [2.75, 3.05) is 0 Å². The summed E-state index contributed by atoms with van der Waals surface area (Å²) in [5.74, 6) is 0.0489. The SMILES string of the molecule is CCCC(=O)OCn1cnc([C@@H](C)c2cccc(C)c2C)c1. The highest BCUT2D eigenvalue weighted by molar-refractivity contribution is 5.68. The lowest BCUT2D eigenvalue weighted by atomic mass is 9.92. The van der Waals surface area contributed by atoms with Gasteiger partial charge in [0.15, 0.2) is 6.73 Å². The summed E-state index contributed by atoms with van der Waals surface area (Å²) in [6.07, 6.45) is 4.93. The highest BCUT2D eigenvalue weighted by atomic mass is 16.5. The van der Waals surface area contributed by atoms with Crippen LogP contribution in [0, 0.1) is 13.8 Å². The fourth-order valence-electron chi connectivity index (χ4n) is 2.50. The zero-order chi connectivity index (χ0) is 16.1. The van der Waals surface area contributed by atoms with Gasteiger partial charge in [-0.05, 0) is 37.0 Å². The number of imidazole rings is 1. The minimum atomic E-state index is -0.166. The molecule has 22 heavy (non-hydrogen) atoms. The van der Waals surface area contributed by atoms with Crippen LogP contribution in [0.3, 0.4) is 0 Å². The molecule has 1 atom stereocenters. The first-order valence-corrected chi connectivity index (χ1v) is 7.76. The fourth-order valence-corrected chi connectivity index (χ4v) is 2.50. The van der Waals surface area contributed by atoms with Gasteiger partial charge in [0, 0.05) is 18.5 Å². The summed E-state index contributed by atoms with van der Waals surface area (Å²) in [4.78, 5) is 15.9. The average Bonchev–Trinajstić information content (AvgIpc) is 2.96. The third-order valence-electron chi connectivity index (χ3n) is 4.04.